The van der Waals surface area contributed by atoms with Crippen LogP contribution in [0.3, 0.4) is 0 Å². The van der Waals surface area contributed by atoms with Crippen molar-refractivity contribution < 1.29 is 4.74 Å². The number of hydrogen-bond acceptors (Lipinski definition) is 4. The third-order valence-corrected chi connectivity index (χ3v) is 4.75. The maximum Gasteiger partial charge on any atom is 0.191 e. The third kappa shape index (κ3) is 9.23. The van der Waals surface area contributed by atoms with Crippen LogP contribution < -0.4 is 10.6 Å². The van der Waals surface area contributed by atoms with E-state index in [1.165, 1.54) is 6.42 Å². The SMILES string of the molecule is CCc1nncn1CCNC(=NCC1CCOC1)NC(C)CCC(C)C.I. The van der Waals surface area contributed by atoms with Gasteiger partial charge in [0.2, 0.25) is 0 Å². The monoisotopic (exact) mass is 492 g/mol. The van der Waals surface area contributed by atoms with Crippen molar-refractivity contribution in [1.82, 2.24) is 25.4 Å². The van der Waals surface area contributed by atoms with E-state index in [0.29, 0.717) is 12.0 Å². The van der Waals surface area contributed by atoms with Crippen molar-refractivity contribution in [3.63, 3.8) is 0 Å². The van der Waals surface area contributed by atoms with Crippen LogP contribution in [0.1, 0.15) is 52.8 Å². The van der Waals surface area contributed by atoms with Crippen molar-refractivity contribution in [2.75, 3.05) is 26.3 Å². The van der Waals surface area contributed by atoms with E-state index in [2.05, 4.69) is 53.1 Å². The maximum absolute atomic E-state index is 5.46. The van der Waals surface area contributed by atoms with Gasteiger partial charge in [0.25, 0.3) is 0 Å². The van der Waals surface area contributed by atoms with Gasteiger partial charge in [-0.05, 0) is 32.1 Å². The number of halogens is 1. The molecule has 2 N–H and O–H groups in total. The molecule has 0 bridgehead atoms. The number of rotatable bonds is 10. The largest absolute Gasteiger partial charge is 0.381 e. The molecule has 7 nitrogen and oxygen atoms in total. The van der Waals surface area contributed by atoms with E-state index >= 15 is 0 Å². The zero-order valence-corrected chi connectivity index (χ0v) is 19.6. The van der Waals surface area contributed by atoms with Gasteiger partial charge in [0.1, 0.15) is 12.2 Å². The van der Waals surface area contributed by atoms with Gasteiger partial charge in [0.15, 0.2) is 5.96 Å². The van der Waals surface area contributed by atoms with Crippen LogP contribution in [0, 0.1) is 11.8 Å². The fraction of sp³-hybridized carbons (Fsp3) is 0.842. The summed E-state index contributed by atoms with van der Waals surface area (Å²) in [4.78, 5) is 4.81. The second-order valence-electron chi connectivity index (χ2n) is 7.66. The molecular formula is C19H37IN6O. The van der Waals surface area contributed by atoms with Crippen LogP contribution in [0.25, 0.3) is 0 Å². The van der Waals surface area contributed by atoms with Gasteiger partial charge in [0, 0.05) is 44.6 Å². The Kier molecular flexibility index (Phi) is 11.9. The minimum Gasteiger partial charge on any atom is -0.381 e. The number of nitrogens with zero attached hydrogens (tertiary/aromatic N) is 4. The highest BCUT2D eigenvalue weighted by molar-refractivity contribution is 14.0. The molecular weight excluding hydrogens is 455 g/mol. The van der Waals surface area contributed by atoms with Crippen molar-refractivity contribution in [2.24, 2.45) is 16.8 Å². The van der Waals surface area contributed by atoms with Gasteiger partial charge in [-0.1, -0.05) is 20.8 Å². The Balaban J connectivity index is 0.00000364. The van der Waals surface area contributed by atoms with Gasteiger partial charge < -0.3 is 19.9 Å². The Morgan fingerprint density at radius 3 is 2.85 bits per heavy atom. The Morgan fingerprint density at radius 2 is 2.19 bits per heavy atom. The minimum atomic E-state index is 0. The molecule has 1 fully saturated rings. The lowest BCUT2D eigenvalue weighted by atomic mass is 10.0. The topological polar surface area (TPSA) is 76.4 Å². The maximum atomic E-state index is 5.46. The van der Waals surface area contributed by atoms with E-state index < -0.39 is 0 Å². The molecule has 0 aromatic carbocycles. The van der Waals surface area contributed by atoms with Crippen LogP contribution in [-0.2, 0) is 17.7 Å². The first-order valence-corrected chi connectivity index (χ1v) is 10.1. The molecule has 2 atom stereocenters. The summed E-state index contributed by atoms with van der Waals surface area (Å²) >= 11 is 0. The lowest BCUT2D eigenvalue weighted by molar-refractivity contribution is 0.187. The highest BCUT2D eigenvalue weighted by atomic mass is 127. The van der Waals surface area contributed by atoms with E-state index in [9.17, 15) is 0 Å². The van der Waals surface area contributed by atoms with Gasteiger partial charge in [0.05, 0.1) is 6.61 Å². The summed E-state index contributed by atoms with van der Waals surface area (Å²) in [6.45, 7) is 13.0. The molecule has 0 spiro atoms. The lowest BCUT2D eigenvalue weighted by Crippen LogP contribution is -2.43. The van der Waals surface area contributed by atoms with Crippen LogP contribution in [0.2, 0.25) is 0 Å². The molecule has 1 aromatic rings. The van der Waals surface area contributed by atoms with E-state index in [4.69, 9.17) is 9.73 Å². The van der Waals surface area contributed by atoms with Crippen LogP contribution >= 0.6 is 24.0 Å². The number of hydrogen-bond donors (Lipinski definition) is 2. The summed E-state index contributed by atoms with van der Waals surface area (Å²) in [5.41, 5.74) is 0. The van der Waals surface area contributed by atoms with Gasteiger partial charge in [-0.15, -0.1) is 34.2 Å². The highest BCUT2D eigenvalue weighted by Crippen LogP contribution is 2.12. The molecule has 1 aromatic heterocycles. The quantitative estimate of drug-likeness (QED) is 0.299. The number of guanidine groups is 1. The van der Waals surface area contributed by atoms with Gasteiger partial charge in [-0.2, -0.15) is 0 Å². The molecule has 2 rings (SSSR count). The molecule has 0 amide bonds. The summed E-state index contributed by atoms with van der Waals surface area (Å²) in [7, 11) is 0. The van der Waals surface area contributed by atoms with Gasteiger partial charge in [-0.3, -0.25) is 4.99 Å². The molecule has 27 heavy (non-hydrogen) atoms. The predicted molar refractivity (Wildman–Crippen MR) is 121 cm³/mol. The normalized spacial score (nSPS) is 18.4. The zero-order valence-electron chi connectivity index (χ0n) is 17.3. The first kappa shape index (κ1) is 24.1. The number of aliphatic imine (C=N–C) groups is 1. The van der Waals surface area contributed by atoms with Crippen molar-refractivity contribution in [3.8, 4) is 0 Å². The summed E-state index contributed by atoms with van der Waals surface area (Å²) in [6, 6.07) is 0.407. The molecule has 8 heteroatoms. The number of nitrogens with one attached hydrogen (secondary N) is 2. The molecule has 0 radical (unpaired) electrons. The van der Waals surface area contributed by atoms with Crippen molar-refractivity contribution in [3.05, 3.63) is 12.2 Å². The van der Waals surface area contributed by atoms with Gasteiger partial charge in [-0.25, -0.2) is 0 Å². The van der Waals surface area contributed by atoms with Crippen molar-refractivity contribution in [2.45, 2.75) is 66.0 Å². The Labute approximate surface area is 181 Å². The number of ether oxygens (including phenoxy) is 1. The smallest absolute Gasteiger partial charge is 0.191 e. The van der Waals surface area contributed by atoms with Crippen LogP contribution in [0.15, 0.2) is 11.3 Å². The average Bonchev–Trinajstić information content (AvgIpc) is 3.29. The molecule has 0 saturated carbocycles. The third-order valence-electron chi connectivity index (χ3n) is 4.75. The average molecular weight is 492 g/mol. The van der Waals surface area contributed by atoms with E-state index in [1.54, 1.807) is 6.33 Å². The molecule has 2 unspecified atom stereocenters. The summed E-state index contributed by atoms with van der Waals surface area (Å²) < 4.78 is 7.56. The summed E-state index contributed by atoms with van der Waals surface area (Å²) in [5.74, 6) is 3.19. The Bertz CT molecular complexity index is 542. The Morgan fingerprint density at radius 1 is 1.37 bits per heavy atom. The molecule has 1 saturated heterocycles. The molecule has 156 valence electrons. The number of aromatic nitrogens is 3. The zero-order chi connectivity index (χ0) is 18.8. The first-order chi connectivity index (χ1) is 12.6. The fourth-order valence-corrected chi connectivity index (χ4v) is 3.02. The second kappa shape index (κ2) is 13.3. The second-order valence-corrected chi connectivity index (χ2v) is 7.66. The first-order valence-electron chi connectivity index (χ1n) is 10.1. The van der Waals surface area contributed by atoms with Crippen molar-refractivity contribution in [1.29, 1.82) is 0 Å². The minimum absolute atomic E-state index is 0. The predicted octanol–water partition coefficient (Wildman–Crippen LogP) is 2.85. The van der Waals surface area contributed by atoms with E-state index in [-0.39, 0.29) is 24.0 Å². The molecule has 0 aliphatic carbocycles. The molecule has 2 heterocycles. The van der Waals surface area contributed by atoms with E-state index in [0.717, 1.165) is 69.8 Å². The van der Waals surface area contributed by atoms with Crippen LogP contribution in [0.5, 0.6) is 0 Å². The summed E-state index contributed by atoms with van der Waals surface area (Å²) in [6.07, 6.45) is 6.17. The Hall–Kier alpha value is -0.900. The van der Waals surface area contributed by atoms with Crippen LogP contribution in [0.4, 0.5) is 0 Å². The van der Waals surface area contributed by atoms with Gasteiger partial charge >= 0.3 is 0 Å². The van der Waals surface area contributed by atoms with Crippen LogP contribution in [-0.4, -0.2) is 53.1 Å². The molecule has 1 aliphatic rings. The standard InChI is InChI=1S/C19H36N6O.HI/c1-5-18-24-22-14-25(18)10-9-20-19(21-12-17-8-11-26-13-17)23-16(4)7-6-15(2)3;/h14-17H,5-13H2,1-4H3,(H2,20,21,23);1H. The summed E-state index contributed by atoms with van der Waals surface area (Å²) in [5, 5.41) is 15.2. The number of aryl methyl sites for hydroxylation is 1. The van der Waals surface area contributed by atoms with E-state index in [1.807, 2.05) is 0 Å². The lowest BCUT2D eigenvalue weighted by Gasteiger charge is -2.20. The highest BCUT2D eigenvalue weighted by Gasteiger charge is 2.15. The fourth-order valence-electron chi connectivity index (χ4n) is 3.02. The molecule has 1 aliphatic heterocycles. The van der Waals surface area contributed by atoms with Crippen molar-refractivity contribution >= 4 is 29.9 Å².